The molecule has 2 aliphatic heterocycles. The van der Waals surface area contributed by atoms with Gasteiger partial charge in [-0.2, -0.15) is 0 Å². The standard InChI is InChI=1S/C29H17BNO2.C19H16N.Ir/c1-2-8-19(9-3-1)20-16-17-31-24(18-20)21-14-15-27-28-29(21)33-26-13-7-5-11-23(26)30(28)22-10-4-6-12-25(22)32-27;1-14-8-10-17(11-9-14)19-12-18(15(2)13-20-19)16-6-4-3-5-7-16;/h1-13,15-18H;3-10,12-13H,1-2H3;/q2*-1;. The van der Waals surface area contributed by atoms with Crippen LogP contribution < -0.4 is 25.9 Å². The molecule has 2 aromatic heterocycles. The van der Waals surface area contributed by atoms with Crippen molar-refractivity contribution in [2.45, 2.75) is 13.8 Å². The van der Waals surface area contributed by atoms with Gasteiger partial charge in [0.2, 0.25) is 6.71 Å². The van der Waals surface area contributed by atoms with Gasteiger partial charge in [-0.15, -0.1) is 47.5 Å². The van der Waals surface area contributed by atoms with Crippen molar-refractivity contribution in [3.8, 4) is 67.8 Å². The molecule has 0 N–H and O–H groups in total. The van der Waals surface area contributed by atoms with Crippen LogP contribution in [0.1, 0.15) is 11.1 Å². The van der Waals surface area contributed by atoms with Gasteiger partial charge in [0.05, 0.1) is 0 Å². The number of nitrogens with zero attached hydrogens (tertiary/aromatic N) is 2. The van der Waals surface area contributed by atoms with E-state index in [1.807, 2.05) is 79.1 Å². The minimum Gasteiger partial charge on any atom is -0.503 e. The van der Waals surface area contributed by atoms with E-state index in [0.717, 1.165) is 73.0 Å². The second kappa shape index (κ2) is 15.1. The maximum Gasteiger partial charge on any atom is 0.239 e. The Morgan fingerprint density at radius 2 is 1.22 bits per heavy atom. The number of hydrogen-bond donors (Lipinski definition) is 0. The van der Waals surface area contributed by atoms with Gasteiger partial charge in [0, 0.05) is 44.0 Å². The van der Waals surface area contributed by atoms with Crippen LogP contribution in [0.15, 0.2) is 164 Å². The van der Waals surface area contributed by atoms with E-state index in [2.05, 4.69) is 116 Å². The largest absolute Gasteiger partial charge is 0.503 e. The van der Waals surface area contributed by atoms with Crippen LogP contribution in [0.25, 0.3) is 44.8 Å². The van der Waals surface area contributed by atoms with Crippen molar-refractivity contribution >= 4 is 23.1 Å². The van der Waals surface area contributed by atoms with Crippen LogP contribution >= 0.6 is 0 Å². The first-order valence-corrected chi connectivity index (χ1v) is 17.8. The first-order valence-electron chi connectivity index (χ1n) is 17.8. The first-order chi connectivity index (χ1) is 26.1. The molecule has 6 heteroatoms. The zero-order valence-electron chi connectivity index (χ0n) is 29.7. The van der Waals surface area contributed by atoms with Crippen molar-refractivity contribution in [3.05, 3.63) is 187 Å². The van der Waals surface area contributed by atoms with Crippen molar-refractivity contribution < 1.29 is 29.6 Å². The molecule has 8 aromatic rings. The van der Waals surface area contributed by atoms with Gasteiger partial charge < -0.3 is 19.4 Å². The minimum atomic E-state index is 0. The molecule has 0 saturated carbocycles. The third kappa shape index (κ3) is 6.67. The number of ether oxygens (including phenoxy) is 2. The van der Waals surface area contributed by atoms with Crippen molar-refractivity contribution in [1.82, 2.24) is 9.97 Å². The van der Waals surface area contributed by atoms with Gasteiger partial charge in [0.15, 0.2) is 0 Å². The maximum absolute atomic E-state index is 6.52. The molecule has 4 heterocycles. The van der Waals surface area contributed by atoms with Gasteiger partial charge in [0.25, 0.3) is 0 Å². The zero-order chi connectivity index (χ0) is 35.7. The van der Waals surface area contributed by atoms with Crippen molar-refractivity contribution in [1.29, 1.82) is 0 Å². The van der Waals surface area contributed by atoms with Crippen LogP contribution in [0.5, 0.6) is 23.0 Å². The average Bonchev–Trinajstić information content (AvgIpc) is 3.22. The molecule has 0 spiro atoms. The first kappa shape index (κ1) is 35.0. The normalized spacial score (nSPS) is 11.6. The Bertz CT molecular complexity index is 2580. The van der Waals surface area contributed by atoms with E-state index in [0.29, 0.717) is 0 Å². The monoisotopic (exact) mass is 873 g/mol. The molecular formula is C48H33BIrN2O2-2. The van der Waals surface area contributed by atoms with Crippen LogP contribution in [0.3, 0.4) is 0 Å². The summed E-state index contributed by atoms with van der Waals surface area (Å²) < 4.78 is 12.8. The molecule has 0 bridgehead atoms. The SMILES string of the molecule is Cc1c[c-]c(-c2cc(-c3ccccc3)c(C)cn2)cc1.[Ir].[c-]1cc2c3c(c1-c1cc(-c4ccccc4)ccn1)Oc1ccccc1B3c1ccccc1O2. The third-order valence-corrected chi connectivity index (χ3v) is 9.82. The molecule has 0 fully saturated rings. The molecule has 0 aliphatic carbocycles. The third-order valence-electron chi connectivity index (χ3n) is 9.82. The molecule has 4 nitrogen and oxygen atoms in total. The Hall–Kier alpha value is -6.07. The number of hydrogen-bond acceptors (Lipinski definition) is 4. The number of benzene rings is 6. The van der Waals surface area contributed by atoms with E-state index in [9.17, 15) is 0 Å². The Kier molecular flexibility index (Phi) is 9.80. The minimum absolute atomic E-state index is 0. The van der Waals surface area contributed by atoms with E-state index >= 15 is 0 Å². The fourth-order valence-corrected chi connectivity index (χ4v) is 7.15. The predicted octanol–water partition coefficient (Wildman–Crippen LogP) is 9.77. The van der Waals surface area contributed by atoms with Crippen LogP contribution in [0, 0.1) is 26.0 Å². The molecule has 6 aromatic carbocycles. The number of rotatable bonds is 4. The number of aromatic nitrogens is 2. The number of fused-ring (bicyclic) bond motifs is 4. The number of aryl methyl sites for hydroxylation is 2. The van der Waals surface area contributed by atoms with Gasteiger partial charge in [-0.05, 0) is 75.3 Å². The number of para-hydroxylation sites is 2. The summed E-state index contributed by atoms with van der Waals surface area (Å²) in [7, 11) is 0. The van der Waals surface area contributed by atoms with Gasteiger partial charge in [-0.3, -0.25) is 0 Å². The Morgan fingerprint density at radius 3 is 1.93 bits per heavy atom. The van der Waals surface area contributed by atoms with Crippen LogP contribution in [0.4, 0.5) is 0 Å². The number of pyridine rings is 2. The molecule has 10 rings (SSSR count). The molecule has 0 atom stereocenters. The van der Waals surface area contributed by atoms with Gasteiger partial charge in [-0.25, -0.2) is 0 Å². The van der Waals surface area contributed by atoms with Gasteiger partial charge in [0.1, 0.15) is 11.5 Å². The molecular weight excluding hydrogens is 840 g/mol. The molecule has 54 heavy (non-hydrogen) atoms. The molecule has 0 saturated heterocycles. The van der Waals surface area contributed by atoms with Crippen molar-refractivity contribution in [2.24, 2.45) is 0 Å². The fourth-order valence-electron chi connectivity index (χ4n) is 7.15. The molecule has 2 aliphatic rings. The molecule has 0 amide bonds. The summed E-state index contributed by atoms with van der Waals surface area (Å²) in [5.41, 5.74) is 14.1. The predicted molar refractivity (Wildman–Crippen MR) is 215 cm³/mol. The molecule has 261 valence electrons. The average molecular weight is 873 g/mol. The summed E-state index contributed by atoms with van der Waals surface area (Å²) in [6.07, 6.45) is 3.78. The topological polar surface area (TPSA) is 44.2 Å². The fraction of sp³-hybridized carbons (Fsp3) is 0.0417. The van der Waals surface area contributed by atoms with E-state index in [1.54, 1.807) is 0 Å². The van der Waals surface area contributed by atoms with E-state index in [4.69, 9.17) is 14.5 Å². The maximum atomic E-state index is 6.52. The van der Waals surface area contributed by atoms with E-state index in [-0.39, 0.29) is 26.8 Å². The Balaban J connectivity index is 0.000000170. The van der Waals surface area contributed by atoms with Crippen molar-refractivity contribution in [3.63, 3.8) is 0 Å². The van der Waals surface area contributed by atoms with Crippen LogP contribution in [0.2, 0.25) is 0 Å². The van der Waals surface area contributed by atoms with Crippen LogP contribution in [-0.4, -0.2) is 16.7 Å². The van der Waals surface area contributed by atoms with Gasteiger partial charge >= 0.3 is 0 Å². The summed E-state index contributed by atoms with van der Waals surface area (Å²) >= 11 is 0. The Labute approximate surface area is 330 Å². The van der Waals surface area contributed by atoms with Gasteiger partial charge in [-0.1, -0.05) is 127 Å². The summed E-state index contributed by atoms with van der Waals surface area (Å²) in [5, 5.41) is 0. The second-order valence-electron chi connectivity index (χ2n) is 13.3. The van der Waals surface area contributed by atoms with E-state index < -0.39 is 0 Å². The quantitative estimate of drug-likeness (QED) is 0.131. The van der Waals surface area contributed by atoms with E-state index in [1.165, 1.54) is 22.3 Å². The van der Waals surface area contributed by atoms with Crippen LogP contribution in [-0.2, 0) is 20.1 Å². The summed E-state index contributed by atoms with van der Waals surface area (Å²) in [6.45, 7) is 4.20. The summed E-state index contributed by atoms with van der Waals surface area (Å²) in [6, 6.07) is 58.3. The smallest absolute Gasteiger partial charge is 0.239 e. The van der Waals surface area contributed by atoms with Crippen molar-refractivity contribution in [2.75, 3.05) is 0 Å². The molecule has 1 radical (unpaired) electrons. The zero-order valence-corrected chi connectivity index (χ0v) is 32.1. The Morgan fingerprint density at radius 1 is 0.556 bits per heavy atom. The summed E-state index contributed by atoms with van der Waals surface area (Å²) in [4.78, 5) is 9.22. The summed E-state index contributed by atoms with van der Waals surface area (Å²) in [5.74, 6) is 3.29. The molecule has 0 unspecified atom stereocenters. The second-order valence-corrected chi connectivity index (χ2v) is 13.3.